The molecule has 0 spiro atoms. The molecule has 0 bridgehead atoms. The fraction of sp³-hybridized carbons (Fsp3) is 0.929. The van der Waals surface area contributed by atoms with E-state index < -0.39 is 5.41 Å². The van der Waals surface area contributed by atoms with Gasteiger partial charge in [0.2, 0.25) is 0 Å². The van der Waals surface area contributed by atoms with Crippen molar-refractivity contribution in [1.29, 1.82) is 0 Å². The SMILES string of the molecule is CCCCC(CC)COCC(C)(C)C(=O)OC. The van der Waals surface area contributed by atoms with E-state index in [0.29, 0.717) is 12.5 Å². The average Bonchev–Trinajstić information content (AvgIpc) is 2.32. The maximum atomic E-state index is 11.4. The molecule has 3 nitrogen and oxygen atoms in total. The molecule has 0 saturated carbocycles. The summed E-state index contributed by atoms with van der Waals surface area (Å²) in [6.45, 7) is 9.28. The number of methoxy groups -OCH3 is 1. The van der Waals surface area contributed by atoms with Gasteiger partial charge in [0, 0.05) is 6.61 Å². The van der Waals surface area contributed by atoms with Crippen LogP contribution in [0.5, 0.6) is 0 Å². The van der Waals surface area contributed by atoms with E-state index in [9.17, 15) is 4.79 Å². The van der Waals surface area contributed by atoms with Gasteiger partial charge in [0.05, 0.1) is 19.1 Å². The lowest BCUT2D eigenvalue weighted by Gasteiger charge is -2.23. The number of hydrogen-bond donors (Lipinski definition) is 0. The minimum Gasteiger partial charge on any atom is -0.469 e. The number of hydrogen-bond acceptors (Lipinski definition) is 3. The zero-order valence-corrected chi connectivity index (χ0v) is 12.0. The highest BCUT2D eigenvalue weighted by Crippen LogP contribution is 2.19. The lowest BCUT2D eigenvalue weighted by Crippen LogP contribution is -2.31. The van der Waals surface area contributed by atoms with Crippen LogP contribution in [0.4, 0.5) is 0 Å². The number of unbranched alkanes of at least 4 members (excludes halogenated alkanes) is 1. The van der Waals surface area contributed by atoms with Crippen LogP contribution in [-0.2, 0) is 14.3 Å². The quantitative estimate of drug-likeness (QED) is 0.583. The van der Waals surface area contributed by atoms with Crippen molar-refractivity contribution in [2.75, 3.05) is 20.3 Å². The molecular formula is C14H28O3. The van der Waals surface area contributed by atoms with Gasteiger partial charge in [-0.15, -0.1) is 0 Å². The molecule has 0 amide bonds. The van der Waals surface area contributed by atoms with Crippen molar-refractivity contribution in [1.82, 2.24) is 0 Å². The first-order valence-electron chi connectivity index (χ1n) is 6.64. The maximum Gasteiger partial charge on any atom is 0.313 e. The Kier molecular flexibility index (Phi) is 8.23. The summed E-state index contributed by atoms with van der Waals surface area (Å²) in [5.74, 6) is 0.405. The van der Waals surface area contributed by atoms with Crippen molar-refractivity contribution in [3.63, 3.8) is 0 Å². The third kappa shape index (κ3) is 6.67. The summed E-state index contributed by atoms with van der Waals surface area (Å²) in [7, 11) is 1.42. The van der Waals surface area contributed by atoms with Gasteiger partial charge < -0.3 is 9.47 Å². The second kappa shape index (κ2) is 8.51. The Hall–Kier alpha value is -0.570. The van der Waals surface area contributed by atoms with Gasteiger partial charge in [-0.25, -0.2) is 0 Å². The lowest BCUT2D eigenvalue weighted by molar-refractivity contribution is -0.154. The topological polar surface area (TPSA) is 35.5 Å². The molecule has 1 atom stereocenters. The van der Waals surface area contributed by atoms with Gasteiger partial charge >= 0.3 is 5.97 Å². The Bertz CT molecular complexity index is 212. The summed E-state index contributed by atoms with van der Waals surface area (Å²) >= 11 is 0. The molecule has 0 radical (unpaired) electrons. The van der Waals surface area contributed by atoms with Gasteiger partial charge in [0.25, 0.3) is 0 Å². The number of carbonyl (C=O) groups is 1. The highest BCUT2D eigenvalue weighted by atomic mass is 16.5. The highest BCUT2D eigenvalue weighted by Gasteiger charge is 2.29. The lowest BCUT2D eigenvalue weighted by atomic mass is 9.95. The van der Waals surface area contributed by atoms with E-state index in [2.05, 4.69) is 13.8 Å². The summed E-state index contributed by atoms with van der Waals surface area (Å²) in [4.78, 5) is 11.4. The highest BCUT2D eigenvalue weighted by molar-refractivity contribution is 5.75. The molecule has 0 N–H and O–H groups in total. The fourth-order valence-corrected chi connectivity index (χ4v) is 1.71. The van der Waals surface area contributed by atoms with Gasteiger partial charge in [-0.1, -0.05) is 33.1 Å². The van der Waals surface area contributed by atoms with E-state index >= 15 is 0 Å². The first-order valence-corrected chi connectivity index (χ1v) is 6.64. The number of ether oxygens (including phenoxy) is 2. The Labute approximate surface area is 106 Å². The van der Waals surface area contributed by atoms with Crippen LogP contribution >= 0.6 is 0 Å². The van der Waals surface area contributed by atoms with Crippen LogP contribution in [0.3, 0.4) is 0 Å². The molecule has 0 aromatic rings. The third-order valence-corrected chi connectivity index (χ3v) is 3.10. The molecule has 102 valence electrons. The van der Waals surface area contributed by atoms with Gasteiger partial charge in [-0.05, 0) is 26.2 Å². The van der Waals surface area contributed by atoms with Crippen molar-refractivity contribution in [2.24, 2.45) is 11.3 Å². The predicted molar refractivity (Wildman–Crippen MR) is 69.9 cm³/mol. The monoisotopic (exact) mass is 244 g/mol. The van der Waals surface area contributed by atoms with Crippen LogP contribution in [0.2, 0.25) is 0 Å². The zero-order chi connectivity index (χ0) is 13.3. The largest absolute Gasteiger partial charge is 0.469 e. The molecule has 0 rings (SSSR count). The summed E-state index contributed by atoms with van der Waals surface area (Å²) in [5.41, 5.74) is -0.544. The van der Waals surface area contributed by atoms with Crippen LogP contribution in [-0.4, -0.2) is 26.3 Å². The molecule has 1 unspecified atom stereocenters. The molecule has 0 saturated heterocycles. The summed E-state index contributed by atoms with van der Waals surface area (Å²) in [6.07, 6.45) is 4.83. The number of esters is 1. The van der Waals surface area contributed by atoms with E-state index in [4.69, 9.17) is 9.47 Å². The molecule has 0 aliphatic rings. The van der Waals surface area contributed by atoms with E-state index in [1.54, 1.807) is 0 Å². The molecule has 3 heteroatoms. The second-order valence-corrected chi connectivity index (χ2v) is 5.31. The van der Waals surface area contributed by atoms with E-state index in [0.717, 1.165) is 13.0 Å². The molecule has 0 aliphatic heterocycles. The van der Waals surface area contributed by atoms with E-state index in [-0.39, 0.29) is 5.97 Å². The van der Waals surface area contributed by atoms with Gasteiger partial charge in [-0.3, -0.25) is 4.79 Å². The minimum atomic E-state index is -0.544. The third-order valence-electron chi connectivity index (χ3n) is 3.10. The summed E-state index contributed by atoms with van der Waals surface area (Å²) < 4.78 is 10.4. The van der Waals surface area contributed by atoms with Crippen LogP contribution in [0.25, 0.3) is 0 Å². The van der Waals surface area contributed by atoms with Crippen molar-refractivity contribution in [3.8, 4) is 0 Å². The maximum absolute atomic E-state index is 11.4. The van der Waals surface area contributed by atoms with Crippen molar-refractivity contribution in [2.45, 2.75) is 53.4 Å². The number of rotatable bonds is 9. The van der Waals surface area contributed by atoms with Gasteiger partial charge in [-0.2, -0.15) is 0 Å². The Morgan fingerprint density at radius 3 is 2.41 bits per heavy atom. The van der Waals surface area contributed by atoms with E-state index in [1.165, 1.54) is 26.4 Å². The fourth-order valence-electron chi connectivity index (χ4n) is 1.71. The minimum absolute atomic E-state index is 0.209. The Morgan fingerprint density at radius 2 is 1.94 bits per heavy atom. The Morgan fingerprint density at radius 1 is 1.29 bits per heavy atom. The second-order valence-electron chi connectivity index (χ2n) is 5.31. The van der Waals surface area contributed by atoms with Crippen molar-refractivity contribution >= 4 is 5.97 Å². The zero-order valence-electron chi connectivity index (χ0n) is 12.0. The standard InChI is InChI=1S/C14H28O3/c1-6-8-9-12(7-2)10-17-11-14(3,4)13(15)16-5/h12H,6-11H2,1-5H3. The first kappa shape index (κ1) is 16.4. The van der Waals surface area contributed by atoms with Crippen molar-refractivity contribution in [3.05, 3.63) is 0 Å². The van der Waals surface area contributed by atoms with Crippen molar-refractivity contribution < 1.29 is 14.3 Å². The van der Waals surface area contributed by atoms with Crippen LogP contribution in [0.1, 0.15) is 53.4 Å². The predicted octanol–water partition coefficient (Wildman–Crippen LogP) is 3.42. The molecule has 0 heterocycles. The van der Waals surface area contributed by atoms with E-state index in [1.807, 2.05) is 13.8 Å². The Balaban J connectivity index is 3.91. The van der Waals surface area contributed by atoms with Crippen LogP contribution in [0, 0.1) is 11.3 Å². The molecule has 0 aromatic heterocycles. The normalized spacial score (nSPS) is 13.5. The molecule has 0 aliphatic carbocycles. The molecule has 17 heavy (non-hydrogen) atoms. The van der Waals surface area contributed by atoms with Crippen LogP contribution < -0.4 is 0 Å². The average molecular weight is 244 g/mol. The number of carbonyl (C=O) groups excluding carboxylic acids is 1. The molecule has 0 fully saturated rings. The smallest absolute Gasteiger partial charge is 0.313 e. The molecule has 0 aromatic carbocycles. The summed E-state index contributed by atoms with van der Waals surface area (Å²) in [6, 6.07) is 0. The molecular weight excluding hydrogens is 216 g/mol. The first-order chi connectivity index (χ1) is 7.97. The summed E-state index contributed by atoms with van der Waals surface area (Å²) in [5, 5.41) is 0. The van der Waals surface area contributed by atoms with Crippen LogP contribution in [0.15, 0.2) is 0 Å². The van der Waals surface area contributed by atoms with Gasteiger partial charge in [0.1, 0.15) is 0 Å². The van der Waals surface area contributed by atoms with Gasteiger partial charge in [0.15, 0.2) is 0 Å².